The first-order valence-corrected chi connectivity index (χ1v) is 7.33. The highest BCUT2D eigenvalue weighted by atomic mass is 32.2. The van der Waals surface area contributed by atoms with Crippen LogP contribution in [0, 0.1) is 0 Å². The minimum absolute atomic E-state index is 0.0317. The van der Waals surface area contributed by atoms with Gasteiger partial charge in [0.2, 0.25) is 5.91 Å². The van der Waals surface area contributed by atoms with Crippen LogP contribution < -0.4 is 4.72 Å². The number of carbonyl (C=O) groups is 1. The smallest absolute Gasteiger partial charge is 0.241 e. The van der Waals surface area contributed by atoms with Crippen LogP contribution in [0.4, 0.5) is 0 Å². The number of nitrogens with one attached hydrogen (secondary N) is 1. The summed E-state index contributed by atoms with van der Waals surface area (Å²) in [6, 6.07) is 19.8. The highest BCUT2D eigenvalue weighted by molar-refractivity contribution is 7.97. The van der Waals surface area contributed by atoms with Crippen LogP contribution in [0.5, 0.6) is 0 Å². The van der Waals surface area contributed by atoms with E-state index in [9.17, 15) is 4.79 Å². The first kappa shape index (κ1) is 13.7. The molecule has 3 heteroatoms. The van der Waals surface area contributed by atoms with Crippen molar-refractivity contribution in [3.63, 3.8) is 0 Å². The van der Waals surface area contributed by atoms with Gasteiger partial charge in [0.15, 0.2) is 0 Å². The van der Waals surface area contributed by atoms with E-state index < -0.39 is 0 Å². The molecular formula is C16H17NOS. The molecule has 0 aliphatic heterocycles. The first-order valence-electron chi connectivity index (χ1n) is 6.34. The molecule has 0 saturated carbocycles. The number of hydrogen-bond donors (Lipinski definition) is 1. The van der Waals surface area contributed by atoms with Crippen molar-refractivity contribution in [3.8, 4) is 0 Å². The van der Waals surface area contributed by atoms with Gasteiger partial charge in [0.05, 0.1) is 5.92 Å². The normalized spacial score (nSPS) is 10.4. The van der Waals surface area contributed by atoms with Crippen LogP contribution in [0.25, 0.3) is 0 Å². The second-order valence-electron chi connectivity index (χ2n) is 4.15. The molecule has 0 saturated heterocycles. The van der Waals surface area contributed by atoms with Gasteiger partial charge in [-0.25, -0.2) is 0 Å². The number of amides is 1. The molecule has 1 amide bonds. The van der Waals surface area contributed by atoms with Gasteiger partial charge in [0.1, 0.15) is 0 Å². The summed E-state index contributed by atoms with van der Waals surface area (Å²) in [5.41, 5.74) is 2.03. The van der Waals surface area contributed by atoms with Gasteiger partial charge in [-0.15, -0.1) is 0 Å². The Labute approximate surface area is 118 Å². The van der Waals surface area contributed by atoms with Crippen molar-refractivity contribution < 1.29 is 4.79 Å². The lowest BCUT2D eigenvalue weighted by Gasteiger charge is -2.17. The van der Waals surface area contributed by atoms with Gasteiger partial charge in [-0.2, -0.15) is 0 Å². The summed E-state index contributed by atoms with van der Waals surface area (Å²) in [5.74, 6) is 0.646. The summed E-state index contributed by atoms with van der Waals surface area (Å²) in [4.78, 5) is 12.4. The van der Waals surface area contributed by atoms with Crippen molar-refractivity contribution in [2.75, 3.05) is 5.75 Å². The minimum atomic E-state index is -0.249. The average Bonchev–Trinajstić information content (AvgIpc) is 2.47. The third-order valence-electron chi connectivity index (χ3n) is 2.85. The van der Waals surface area contributed by atoms with E-state index in [1.165, 1.54) is 11.9 Å². The predicted molar refractivity (Wildman–Crippen MR) is 81.0 cm³/mol. The Balaban J connectivity index is 2.31. The molecule has 0 unspecified atom stereocenters. The molecule has 0 radical (unpaired) electrons. The average molecular weight is 271 g/mol. The monoisotopic (exact) mass is 271 g/mol. The SMILES string of the molecule is CCSNC(=O)C(c1ccccc1)c1ccccc1. The van der Waals surface area contributed by atoms with Gasteiger partial charge in [-0.05, 0) is 11.1 Å². The summed E-state index contributed by atoms with van der Waals surface area (Å²) >= 11 is 1.43. The van der Waals surface area contributed by atoms with E-state index in [4.69, 9.17) is 0 Å². The van der Waals surface area contributed by atoms with Gasteiger partial charge in [0, 0.05) is 5.75 Å². The second kappa shape index (κ2) is 7.00. The lowest BCUT2D eigenvalue weighted by molar-refractivity contribution is -0.119. The van der Waals surface area contributed by atoms with E-state index in [0.29, 0.717) is 0 Å². The fourth-order valence-corrected chi connectivity index (χ4v) is 2.39. The largest absolute Gasteiger partial charge is 0.299 e. The van der Waals surface area contributed by atoms with Gasteiger partial charge in [0.25, 0.3) is 0 Å². The molecule has 0 aliphatic rings. The fourth-order valence-electron chi connectivity index (χ4n) is 1.99. The molecule has 2 aromatic rings. The quantitative estimate of drug-likeness (QED) is 0.842. The van der Waals surface area contributed by atoms with Crippen LogP contribution in [0.2, 0.25) is 0 Å². The summed E-state index contributed by atoms with van der Waals surface area (Å²) in [6.45, 7) is 2.02. The lowest BCUT2D eigenvalue weighted by atomic mass is 9.91. The fraction of sp³-hybridized carbons (Fsp3) is 0.188. The molecule has 2 aromatic carbocycles. The van der Waals surface area contributed by atoms with Crippen LogP contribution in [-0.4, -0.2) is 11.7 Å². The van der Waals surface area contributed by atoms with E-state index in [1.807, 2.05) is 67.6 Å². The Hall–Kier alpha value is -1.74. The molecule has 0 aromatic heterocycles. The Kier molecular flexibility index (Phi) is 5.04. The zero-order valence-electron chi connectivity index (χ0n) is 10.9. The molecule has 0 atom stereocenters. The van der Waals surface area contributed by atoms with E-state index in [0.717, 1.165) is 16.9 Å². The van der Waals surface area contributed by atoms with Crippen molar-refractivity contribution in [2.45, 2.75) is 12.8 Å². The molecule has 98 valence electrons. The van der Waals surface area contributed by atoms with Gasteiger partial charge >= 0.3 is 0 Å². The predicted octanol–water partition coefficient (Wildman–Crippen LogP) is 3.60. The maximum Gasteiger partial charge on any atom is 0.241 e. The third-order valence-corrected chi connectivity index (χ3v) is 3.48. The maximum atomic E-state index is 12.4. The summed E-state index contributed by atoms with van der Waals surface area (Å²) < 4.78 is 2.91. The van der Waals surface area contributed by atoms with Crippen LogP contribution in [0.1, 0.15) is 24.0 Å². The lowest BCUT2D eigenvalue weighted by Crippen LogP contribution is -2.25. The van der Waals surface area contributed by atoms with Crippen molar-refractivity contribution in [1.29, 1.82) is 0 Å². The van der Waals surface area contributed by atoms with Crippen LogP contribution in [-0.2, 0) is 4.79 Å². The van der Waals surface area contributed by atoms with Crippen LogP contribution in [0.3, 0.4) is 0 Å². The van der Waals surface area contributed by atoms with E-state index in [1.54, 1.807) is 0 Å². The molecule has 0 bridgehead atoms. The topological polar surface area (TPSA) is 29.1 Å². The molecule has 19 heavy (non-hydrogen) atoms. The van der Waals surface area contributed by atoms with Crippen molar-refractivity contribution >= 4 is 17.9 Å². The molecule has 2 nitrogen and oxygen atoms in total. The van der Waals surface area contributed by atoms with Gasteiger partial charge in [-0.3, -0.25) is 9.52 Å². The van der Waals surface area contributed by atoms with Gasteiger partial charge < -0.3 is 0 Å². The van der Waals surface area contributed by atoms with E-state index in [-0.39, 0.29) is 11.8 Å². The second-order valence-corrected chi connectivity index (χ2v) is 5.22. The third kappa shape index (κ3) is 3.61. The van der Waals surface area contributed by atoms with E-state index >= 15 is 0 Å². The number of carbonyl (C=O) groups excluding carboxylic acids is 1. The molecule has 0 spiro atoms. The Morgan fingerprint density at radius 3 is 1.89 bits per heavy atom. The van der Waals surface area contributed by atoms with Crippen LogP contribution in [0.15, 0.2) is 60.7 Å². The Bertz CT molecular complexity index is 473. The zero-order chi connectivity index (χ0) is 13.5. The molecule has 0 heterocycles. The molecule has 0 aliphatic carbocycles. The Morgan fingerprint density at radius 2 is 1.47 bits per heavy atom. The number of rotatable bonds is 5. The summed E-state index contributed by atoms with van der Waals surface area (Å²) in [7, 11) is 0. The minimum Gasteiger partial charge on any atom is -0.299 e. The highest BCUT2D eigenvalue weighted by Crippen LogP contribution is 2.25. The van der Waals surface area contributed by atoms with Crippen molar-refractivity contribution in [1.82, 2.24) is 4.72 Å². The molecular weight excluding hydrogens is 254 g/mol. The molecule has 1 N–H and O–H groups in total. The standard InChI is InChI=1S/C16H17NOS/c1-2-19-17-16(18)15(13-9-5-3-6-10-13)14-11-7-4-8-12-14/h3-12,15H,2H2,1H3,(H,17,18). The highest BCUT2D eigenvalue weighted by Gasteiger charge is 2.22. The first-order chi connectivity index (χ1) is 9.33. The number of hydrogen-bond acceptors (Lipinski definition) is 2. The van der Waals surface area contributed by atoms with Crippen molar-refractivity contribution in [3.05, 3.63) is 71.8 Å². The summed E-state index contributed by atoms with van der Waals surface area (Å²) in [6.07, 6.45) is 0. The molecule has 2 rings (SSSR count). The van der Waals surface area contributed by atoms with Crippen LogP contribution >= 0.6 is 11.9 Å². The van der Waals surface area contributed by atoms with Gasteiger partial charge in [-0.1, -0.05) is 79.5 Å². The maximum absolute atomic E-state index is 12.4. The van der Waals surface area contributed by atoms with Crippen molar-refractivity contribution in [2.24, 2.45) is 0 Å². The Morgan fingerprint density at radius 1 is 1.00 bits per heavy atom. The van der Waals surface area contributed by atoms with E-state index in [2.05, 4.69) is 4.72 Å². The molecule has 0 fully saturated rings. The number of benzene rings is 2. The zero-order valence-corrected chi connectivity index (χ0v) is 11.7. The summed E-state index contributed by atoms with van der Waals surface area (Å²) in [5, 5.41) is 0.